The number of halogens is 6. The van der Waals surface area contributed by atoms with Gasteiger partial charge in [0.2, 0.25) is 0 Å². The van der Waals surface area contributed by atoms with E-state index in [0.29, 0.717) is 12.4 Å². The first kappa shape index (κ1) is 24.7. The Balaban J connectivity index is 2.17. The molecule has 34 heavy (non-hydrogen) atoms. The molecule has 2 unspecified atom stereocenters. The second kappa shape index (κ2) is 9.16. The molecule has 0 fully saturated rings. The molecule has 0 radical (unpaired) electrons. The van der Waals surface area contributed by atoms with Crippen molar-refractivity contribution in [1.82, 2.24) is 4.98 Å². The van der Waals surface area contributed by atoms with Crippen molar-refractivity contribution in [2.45, 2.75) is 24.2 Å². The lowest BCUT2D eigenvalue weighted by molar-refractivity contribution is -0.140. The highest BCUT2D eigenvalue weighted by molar-refractivity contribution is 5.73. The minimum atomic E-state index is -4.94. The summed E-state index contributed by atoms with van der Waals surface area (Å²) in [6.45, 7) is 0. The Kier molecular flexibility index (Phi) is 6.67. The monoisotopic (exact) mass is 481 g/mol. The number of rotatable bonds is 6. The molecule has 2 atom stereocenters. The second-order valence-corrected chi connectivity index (χ2v) is 7.25. The summed E-state index contributed by atoms with van der Waals surface area (Å²) >= 11 is 0. The molecule has 178 valence electrons. The first-order chi connectivity index (χ1) is 15.9. The number of aromatic nitrogens is 1. The van der Waals surface area contributed by atoms with E-state index >= 15 is 0 Å². The molecule has 0 saturated heterocycles. The standard InChI is InChI=1S/C23H17F6N3O2/c24-22(25,26)20-12(4-1-8-18(20)33)14(10-30)16-6-3-7-17(32-16)15(11-31)13-5-2-9-19(34)21(13)23(27,28)29/h1-11,14-15,30-31,33-34H. The number of hydrogen-bond donors (Lipinski definition) is 4. The highest BCUT2D eigenvalue weighted by Gasteiger charge is 2.40. The van der Waals surface area contributed by atoms with Crippen LogP contribution >= 0.6 is 0 Å². The number of hydrogen-bond acceptors (Lipinski definition) is 5. The van der Waals surface area contributed by atoms with Crippen LogP contribution in [0.2, 0.25) is 0 Å². The van der Waals surface area contributed by atoms with E-state index in [2.05, 4.69) is 4.98 Å². The molecule has 3 rings (SSSR count). The minimum absolute atomic E-state index is 0.107. The van der Waals surface area contributed by atoms with E-state index in [0.717, 1.165) is 24.3 Å². The van der Waals surface area contributed by atoms with Crippen molar-refractivity contribution in [1.29, 1.82) is 10.8 Å². The summed E-state index contributed by atoms with van der Waals surface area (Å²) in [5, 5.41) is 35.0. The molecule has 0 amide bonds. The van der Waals surface area contributed by atoms with Gasteiger partial charge in [-0.3, -0.25) is 4.98 Å². The van der Waals surface area contributed by atoms with E-state index in [-0.39, 0.29) is 11.4 Å². The molecule has 2 aromatic carbocycles. The topological polar surface area (TPSA) is 101 Å². The van der Waals surface area contributed by atoms with E-state index in [1.807, 2.05) is 0 Å². The Morgan fingerprint density at radius 3 is 1.32 bits per heavy atom. The van der Waals surface area contributed by atoms with Crippen molar-refractivity contribution in [3.8, 4) is 11.5 Å². The molecule has 11 heteroatoms. The third kappa shape index (κ3) is 4.73. The van der Waals surface area contributed by atoms with Gasteiger partial charge >= 0.3 is 12.4 Å². The number of nitrogens with zero attached hydrogens (tertiary/aromatic N) is 1. The molecule has 0 bridgehead atoms. The van der Waals surface area contributed by atoms with Gasteiger partial charge in [-0.15, -0.1) is 0 Å². The SMILES string of the molecule is N=CC(c1cccc(C(C=N)c2cccc(O)c2C(F)(F)F)n1)c1cccc(O)c1C(F)(F)F. The Morgan fingerprint density at radius 2 is 1.00 bits per heavy atom. The molecule has 0 aliphatic rings. The lowest BCUT2D eigenvalue weighted by Gasteiger charge is -2.22. The molecule has 1 aromatic heterocycles. The fourth-order valence-electron chi connectivity index (χ4n) is 3.74. The Bertz CT molecular complexity index is 1130. The third-order valence-electron chi connectivity index (χ3n) is 5.15. The van der Waals surface area contributed by atoms with Crippen molar-refractivity contribution in [2.24, 2.45) is 0 Å². The van der Waals surface area contributed by atoms with Crippen LogP contribution in [0.15, 0.2) is 54.6 Å². The maximum Gasteiger partial charge on any atom is 0.420 e. The van der Waals surface area contributed by atoms with Gasteiger partial charge in [0.1, 0.15) is 22.6 Å². The number of benzene rings is 2. The summed E-state index contributed by atoms with van der Waals surface area (Å²) in [5.41, 5.74) is -3.86. The Morgan fingerprint density at radius 1 is 0.647 bits per heavy atom. The average Bonchev–Trinajstić information content (AvgIpc) is 2.73. The van der Waals surface area contributed by atoms with E-state index in [1.54, 1.807) is 0 Å². The first-order valence-electron chi connectivity index (χ1n) is 9.66. The number of nitrogens with one attached hydrogen (secondary N) is 2. The van der Waals surface area contributed by atoms with Gasteiger partial charge in [-0.2, -0.15) is 26.3 Å². The van der Waals surface area contributed by atoms with E-state index in [1.165, 1.54) is 30.3 Å². The van der Waals surface area contributed by atoms with Crippen LogP contribution in [0, 0.1) is 10.8 Å². The molecule has 5 nitrogen and oxygen atoms in total. The van der Waals surface area contributed by atoms with Crippen LogP contribution in [-0.4, -0.2) is 27.6 Å². The van der Waals surface area contributed by atoms with Crippen LogP contribution in [-0.2, 0) is 12.4 Å². The van der Waals surface area contributed by atoms with E-state index in [4.69, 9.17) is 10.8 Å². The van der Waals surface area contributed by atoms with Crippen LogP contribution < -0.4 is 0 Å². The van der Waals surface area contributed by atoms with Crippen LogP contribution in [0.1, 0.15) is 45.5 Å². The number of phenolic OH excluding ortho intramolecular Hbond substituents is 2. The minimum Gasteiger partial charge on any atom is -0.507 e. The zero-order valence-electron chi connectivity index (χ0n) is 17.1. The van der Waals surface area contributed by atoms with Gasteiger partial charge in [0.15, 0.2) is 0 Å². The van der Waals surface area contributed by atoms with Gasteiger partial charge < -0.3 is 21.0 Å². The summed E-state index contributed by atoms with van der Waals surface area (Å²) in [4.78, 5) is 4.17. The zero-order chi connectivity index (χ0) is 25.3. The van der Waals surface area contributed by atoms with Crippen molar-refractivity contribution >= 4 is 12.4 Å². The average molecular weight is 481 g/mol. The van der Waals surface area contributed by atoms with E-state index in [9.17, 15) is 36.6 Å². The number of aromatic hydroxyl groups is 2. The van der Waals surface area contributed by atoms with Gasteiger partial charge in [0.05, 0.1) is 23.2 Å². The maximum atomic E-state index is 13.6. The van der Waals surface area contributed by atoms with Crippen LogP contribution in [0.25, 0.3) is 0 Å². The van der Waals surface area contributed by atoms with Gasteiger partial charge in [-0.1, -0.05) is 30.3 Å². The van der Waals surface area contributed by atoms with Crippen molar-refractivity contribution < 1.29 is 36.6 Å². The number of pyridine rings is 1. The lowest BCUT2D eigenvalue weighted by Crippen LogP contribution is -2.17. The molecule has 3 aromatic rings. The first-order valence-corrected chi connectivity index (χ1v) is 9.66. The largest absolute Gasteiger partial charge is 0.507 e. The summed E-state index contributed by atoms with van der Waals surface area (Å²) in [6, 6.07) is 10.1. The molecule has 1 heterocycles. The highest BCUT2D eigenvalue weighted by Crippen LogP contribution is 2.43. The predicted octanol–water partition coefficient (Wildman–Crippen LogP) is 6.09. The third-order valence-corrected chi connectivity index (χ3v) is 5.15. The summed E-state index contributed by atoms with van der Waals surface area (Å²) in [7, 11) is 0. The van der Waals surface area contributed by atoms with Crippen molar-refractivity contribution in [3.63, 3.8) is 0 Å². The Hall–Kier alpha value is -3.89. The molecule has 0 aliphatic heterocycles. The van der Waals surface area contributed by atoms with E-state index < -0.39 is 57.9 Å². The van der Waals surface area contributed by atoms with Gasteiger partial charge in [-0.25, -0.2) is 0 Å². The number of alkyl halides is 6. The smallest absolute Gasteiger partial charge is 0.420 e. The fourth-order valence-corrected chi connectivity index (χ4v) is 3.74. The summed E-state index contributed by atoms with van der Waals surface area (Å²) < 4.78 is 81.5. The summed E-state index contributed by atoms with van der Waals surface area (Å²) in [5.74, 6) is -4.86. The summed E-state index contributed by atoms with van der Waals surface area (Å²) in [6.07, 6.45) is -8.55. The predicted molar refractivity (Wildman–Crippen MR) is 112 cm³/mol. The van der Waals surface area contributed by atoms with Gasteiger partial charge in [0, 0.05) is 12.4 Å². The molecule has 0 saturated carbocycles. The zero-order valence-corrected chi connectivity index (χ0v) is 17.1. The second-order valence-electron chi connectivity index (χ2n) is 7.25. The van der Waals surface area contributed by atoms with Gasteiger partial charge in [-0.05, 0) is 35.4 Å². The maximum absolute atomic E-state index is 13.6. The molecular formula is C23H17F6N3O2. The molecule has 4 N–H and O–H groups in total. The number of phenols is 2. The van der Waals surface area contributed by atoms with Crippen LogP contribution in [0.4, 0.5) is 26.3 Å². The quantitative estimate of drug-likeness (QED) is 0.253. The van der Waals surface area contributed by atoms with Crippen molar-refractivity contribution in [2.75, 3.05) is 0 Å². The lowest BCUT2D eigenvalue weighted by atomic mass is 9.88. The molecule has 0 aliphatic carbocycles. The van der Waals surface area contributed by atoms with Crippen LogP contribution in [0.5, 0.6) is 11.5 Å². The van der Waals surface area contributed by atoms with Crippen LogP contribution in [0.3, 0.4) is 0 Å². The highest BCUT2D eigenvalue weighted by atomic mass is 19.4. The molecular weight excluding hydrogens is 464 g/mol. The van der Waals surface area contributed by atoms with Crippen molar-refractivity contribution in [3.05, 3.63) is 88.2 Å². The fraction of sp³-hybridized carbons (Fsp3) is 0.174. The molecule has 0 spiro atoms. The normalized spacial score (nSPS) is 13.8. The Labute approximate surface area is 189 Å². The van der Waals surface area contributed by atoms with Gasteiger partial charge in [0.25, 0.3) is 0 Å².